The molecule has 4 rings (SSSR count). The van der Waals surface area contributed by atoms with Gasteiger partial charge in [0, 0.05) is 10.0 Å². The number of carbonyl (C=O) groups is 2. The van der Waals surface area contributed by atoms with Crippen LogP contribution in [0.1, 0.15) is 16.7 Å². The normalized spacial score (nSPS) is 14.7. The lowest BCUT2D eigenvalue weighted by Crippen LogP contribution is -2.32. The zero-order chi connectivity index (χ0) is 23.2. The van der Waals surface area contributed by atoms with Crippen LogP contribution in [0.25, 0.3) is 6.08 Å². The standard InChI is InChI=1S/C26H22BrNO4S/c1-18-6-5-9-22(14-18)31-13-12-28-25(29)24(33-26(28)30)16-20-15-21(27)10-11-23(20)32-17-19-7-3-2-4-8-19/h2-11,14-16H,12-13,17H2,1H3/b24-16-. The minimum atomic E-state index is -0.327. The van der Waals surface area contributed by atoms with Gasteiger partial charge in [-0.25, -0.2) is 0 Å². The minimum Gasteiger partial charge on any atom is -0.492 e. The van der Waals surface area contributed by atoms with Crippen LogP contribution >= 0.6 is 27.7 Å². The Balaban J connectivity index is 1.44. The number of halogens is 1. The van der Waals surface area contributed by atoms with Crippen molar-refractivity contribution in [2.75, 3.05) is 13.2 Å². The van der Waals surface area contributed by atoms with Gasteiger partial charge in [0.1, 0.15) is 24.7 Å². The van der Waals surface area contributed by atoms with E-state index in [0.717, 1.165) is 32.9 Å². The first-order valence-electron chi connectivity index (χ1n) is 10.4. The summed E-state index contributed by atoms with van der Waals surface area (Å²) in [5.41, 5.74) is 2.85. The van der Waals surface area contributed by atoms with Crippen LogP contribution in [0.4, 0.5) is 4.79 Å². The average molecular weight is 524 g/mol. The van der Waals surface area contributed by atoms with E-state index in [2.05, 4.69) is 15.9 Å². The third-order valence-electron chi connectivity index (χ3n) is 4.94. The number of hydrogen-bond acceptors (Lipinski definition) is 5. The molecule has 0 atom stereocenters. The Morgan fingerprint density at radius 2 is 1.79 bits per heavy atom. The lowest BCUT2D eigenvalue weighted by molar-refractivity contribution is -0.123. The molecule has 7 heteroatoms. The third kappa shape index (κ3) is 6.06. The molecule has 1 heterocycles. The van der Waals surface area contributed by atoms with Crippen LogP contribution < -0.4 is 9.47 Å². The first kappa shape index (κ1) is 23.1. The summed E-state index contributed by atoms with van der Waals surface area (Å²) in [6, 6.07) is 23.1. The Bertz CT molecular complexity index is 1200. The van der Waals surface area contributed by atoms with Crippen LogP contribution in [0.5, 0.6) is 11.5 Å². The van der Waals surface area contributed by atoms with E-state index >= 15 is 0 Å². The average Bonchev–Trinajstić information content (AvgIpc) is 3.07. The highest BCUT2D eigenvalue weighted by Crippen LogP contribution is 2.35. The molecule has 0 bridgehead atoms. The van der Waals surface area contributed by atoms with Gasteiger partial charge in [0.2, 0.25) is 0 Å². The molecule has 0 unspecified atom stereocenters. The van der Waals surface area contributed by atoms with Gasteiger partial charge < -0.3 is 9.47 Å². The maximum absolute atomic E-state index is 12.9. The van der Waals surface area contributed by atoms with Gasteiger partial charge in [-0.2, -0.15) is 0 Å². The Hall–Kier alpha value is -3.03. The zero-order valence-electron chi connectivity index (χ0n) is 18.0. The maximum Gasteiger partial charge on any atom is 0.293 e. The fraction of sp³-hybridized carbons (Fsp3) is 0.154. The fourth-order valence-electron chi connectivity index (χ4n) is 3.29. The zero-order valence-corrected chi connectivity index (χ0v) is 20.4. The predicted octanol–water partition coefficient (Wildman–Crippen LogP) is 6.45. The van der Waals surface area contributed by atoms with E-state index in [1.807, 2.05) is 79.7 Å². The molecule has 3 aromatic rings. The van der Waals surface area contributed by atoms with Gasteiger partial charge in [-0.15, -0.1) is 0 Å². The highest BCUT2D eigenvalue weighted by Gasteiger charge is 2.35. The molecule has 0 aromatic heterocycles. The summed E-state index contributed by atoms with van der Waals surface area (Å²) in [7, 11) is 0. The molecule has 0 N–H and O–H groups in total. The molecule has 1 saturated heterocycles. The fourth-order valence-corrected chi connectivity index (χ4v) is 4.53. The topological polar surface area (TPSA) is 55.8 Å². The van der Waals surface area contributed by atoms with Crippen LogP contribution in [0, 0.1) is 6.92 Å². The van der Waals surface area contributed by atoms with Gasteiger partial charge in [0.05, 0.1) is 11.4 Å². The van der Waals surface area contributed by atoms with Gasteiger partial charge in [-0.05, 0) is 66.2 Å². The predicted molar refractivity (Wildman–Crippen MR) is 134 cm³/mol. The molecular formula is C26H22BrNO4S. The number of ether oxygens (including phenoxy) is 2. The van der Waals surface area contributed by atoms with Crippen LogP contribution in [0.15, 0.2) is 82.2 Å². The summed E-state index contributed by atoms with van der Waals surface area (Å²) in [5, 5.41) is -0.305. The quantitative estimate of drug-likeness (QED) is 0.317. The van der Waals surface area contributed by atoms with Crippen molar-refractivity contribution in [3.05, 3.63) is 98.9 Å². The van der Waals surface area contributed by atoms with E-state index in [0.29, 0.717) is 23.0 Å². The third-order valence-corrected chi connectivity index (χ3v) is 6.34. The number of thioether (sulfide) groups is 1. The second kappa shape index (κ2) is 10.7. The van der Waals surface area contributed by atoms with E-state index < -0.39 is 0 Å². The first-order chi connectivity index (χ1) is 16.0. The minimum absolute atomic E-state index is 0.186. The van der Waals surface area contributed by atoms with Crippen LogP contribution in [-0.2, 0) is 11.4 Å². The number of imide groups is 1. The Morgan fingerprint density at radius 3 is 2.58 bits per heavy atom. The summed E-state index contributed by atoms with van der Waals surface area (Å²) in [4.78, 5) is 27.0. The highest BCUT2D eigenvalue weighted by molar-refractivity contribution is 9.10. The van der Waals surface area contributed by atoms with Crippen LogP contribution in [-0.4, -0.2) is 29.2 Å². The maximum atomic E-state index is 12.9. The molecular weight excluding hydrogens is 502 g/mol. The number of carbonyl (C=O) groups excluding carboxylic acids is 2. The van der Waals surface area contributed by atoms with Crippen molar-refractivity contribution in [2.45, 2.75) is 13.5 Å². The summed E-state index contributed by atoms with van der Waals surface area (Å²) in [5.74, 6) is 1.02. The van der Waals surface area contributed by atoms with E-state index in [4.69, 9.17) is 9.47 Å². The number of nitrogens with zero attached hydrogens (tertiary/aromatic N) is 1. The molecule has 168 valence electrons. The van der Waals surface area contributed by atoms with Crippen molar-refractivity contribution in [3.63, 3.8) is 0 Å². The van der Waals surface area contributed by atoms with E-state index in [1.54, 1.807) is 6.08 Å². The van der Waals surface area contributed by atoms with Crippen molar-refractivity contribution >= 4 is 44.9 Å². The van der Waals surface area contributed by atoms with Gasteiger partial charge >= 0.3 is 0 Å². The van der Waals surface area contributed by atoms with E-state index in [9.17, 15) is 9.59 Å². The molecule has 5 nitrogen and oxygen atoms in total. The summed E-state index contributed by atoms with van der Waals surface area (Å²) < 4.78 is 12.6. The van der Waals surface area contributed by atoms with Gasteiger partial charge in [-0.1, -0.05) is 58.4 Å². The van der Waals surface area contributed by atoms with Crippen molar-refractivity contribution in [3.8, 4) is 11.5 Å². The Morgan fingerprint density at radius 1 is 0.970 bits per heavy atom. The van der Waals surface area contributed by atoms with Gasteiger partial charge in [0.15, 0.2) is 0 Å². The highest BCUT2D eigenvalue weighted by atomic mass is 79.9. The molecule has 3 aromatic carbocycles. The lowest BCUT2D eigenvalue weighted by atomic mass is 10.1. The second-order valence-corrected chi connectivity index (χ2v) is 9.36. The SMILES string of the molecule is Cc1cccc(OCCN2C(=O)S/C(=C\c3cc(Br)ccc3OCc3ccccc3)C2=O)c1. The lowest BCUT2D eigenvalue weighted by Gasteiger charge is -2.13. The van der Waals surface area contributed by atoms with E-state index in [-0.39, 0.29) is 24.3 Å². The largest absolute Gasteiger partial charge is 0.492 e. The molecule has 1 aliphatic rings. The van der Waals surface area contributed by atoms with Crippen molar-refractivity contribution in [1.29, 1.82) is 0 Å². The number of aryl methyl sites for hydroxylation is 1. The van der Waals surface area contributed by atoms with Crippen molar-refractivity contribution in [2.24, 2.45) is 0 Å². The van der Waals surface area contributed by atoms with Crippen molar-refractivity contribution in [1.82, 2.24) is 4.90 Å². The van der Waals surface area contributed by atoms with Crippen LogP contribution in [0.3, 0.4) is 0 Å². The molecule has 1 fully saturated rings. The second-order valence-electron chi connectivity index (χ2n) is 7.45. The molecule has 2 amide bonds. The molecule has 0 aliphatic carbocycles. The first-order valence-corrected chi connectivity index (χ1v) is 12.0. The summed E-state index contributed by atoms with van der Waals surface area (Å²) in [6.07, 6.45) is 1.71. The van der Waals surface area contributed by atoms with E-state index in [1.165, 1.54) is 4.90 Å². The van der Waals surface area contributed by atoms with Crippen LogP contribution in [0.2, 0.25) is 0 Å². The number of amides is 2. The number of benzene rings is 3. The molecule has 0 saturated carbocycles. The monoisotopic (exact) mass is 523 g/mol. The number of hydrogen-bond donors (Lipinski definition) is 0. The smallest absolute Gasteiger partial charge is 0.293 e. The van der Waals surface area contributed by atoms with Crippen molar-refractivity contribution < 1.29 is 19.1 Å². The van der Waals surface area contributed by atoms with Gasteiger partial charge in [0.25, 0.3) is 11.1 Å². The number of rotatable bonds is 8. The molecule has 0 spiro atoms. The van der Waals surface area contributed by atoms with Gasteiger partial charge in [-0.3, -0.25) is 14.5 Å². The molecule has 0 radical (unpaired) electrons. The molecule has 1 aliphatic heterocycles. The summed E-state index contributed by atoms with van der Waals surface area (Å²) >= 11 is 4.40. The Kier molecular flexibility index (Phi) is 7.52. The Labute approximate surface area is 205 Å². The summed E-state index contributed by atoms with van der Waals surface area (Å²) in [6.45, 7) is 2.80. The molecule has 33 heavy (non-hydrogen) atoms.